The third-order valence-corrected chi connectivity index (χ3v) is 3.40. The van der Waals surface area contributed by atoms with Crippen molar-refractivity contribution >= 4 is 17.5 Å². The molecule has 114 valence electrons. The number of amides is 2. The van der Waals surface area contributed by atoms with Gasteiger partial charge < -0.3 is 10.2 Å². The number of hydrogen-bond acceptors (Lipinski definition) is 3. The number of pyridine rings is 1. The monoisotopic (exact) mass is 297 g/mol. The molecule has 2 rings (SSSR count). The summed E-state index contributed by atoms with van der Waals surface area (Å²) in [6, 6.07) is 9.08. The summed E-state index contributed by atoms with van der Waals surface area (Å²) >= 11 is 0. The molecule has 0 saturated carbocycles. The summed E-state index contributed by atoms with van der Waals surface area (Å²) in [6.07, 6.45) is 3.11. The molecule has 22 heavy (non-hydrogen) atoms. The van der Waals surface area contributed by atoms with Gasteiger partial charge in [0.15, 0.2) is 0 Å². The molecule has 0 fully saturated rings. The highest BCUT2D eigenvalue weighted by Crippen LogP contribution is 2.19. The summed E-state index contributed by atoms with van der Waals surface area (Å²) in [5, 5.41) is 2.87. The van der Waals surface area contributed by atoms with Crippen LogP contribution in [0.1, 0.15) is 21.5 Å². The number of carbonyl (C=O) groups is 2. The standard InChI is InChI=1S/C17H19N3O2/c1-12-5-4-6-13(2)16(12)19-15(21)11-20(3)17(22)14-7-9-18-10-8-14/h4-10H,11H2,1-3H3,(H,19,21). The maximum Gasteiger partial charge on any atom is 0.254 e. The summed E-state index contributed by atoms with van der Waals surface area (Å²) in [5.41, 5.74) is 3.31. The molecule has 1 heterocycles. The second-order valence-electron chi connectivity index (χ2n) is 5.21. The summed E-state index contributed by atoms with van der Waals surface area (Å²) in [4.78, 5) is 29.6. The smallest absolute Gasteiger partial charge is 0.254 e. The van der Waals surface area contributed by atoms with Gasteiger partial charge in [-0.1, -0.05) is 18.2 Å². The Morgan fingerprint density at radius 3 is 2.27 bits per heavy atom. The Morgan fingerprint density at radius 1 is 1.09 bits per heavy atom. The molecule has 0 aliphatic rings. The van der Waals surface area contributed by atoms with Crippen LogP contribution in [0.5, 0.6) is 0 Å². The normalized spacial score (nSPS) is 10.1. The van der Waals surface area contributed by atoms with Crippen LogP contribution in [0, 0.1) is 13.8 Å². The zero-order valence-electron chi connectivity index (χ0n) is 13.0. The number of carbonyl (C=O) groups excluding carboxylic acids is 2. The van der Waals surface area contributed by atoms with Gasteiger partial charge in [-0.3, -0.25) is 14.6 Å². The van der Waals surface area contributed by atoms with E-state index in [-0.39, 0.29) is 18.4 Å². The molecule has 1 aromatic heterocycles. The molecule has 1 N–H and O–H groups in total. The fourth-order valence-electron chi connectivity index (χ4n) is 2.19. The van der Waals surface area contributed by atoms with Gasteiger partial charge in [-0.2, -0.15) is 0 Å². The Hall–Kier alpha value is -2.69. The number of rotatable bonds is 4. The number of nitrogens with one attached hydrogen (secondary N) is 1. The van der Waals surface area contributed by atoms with Crippen LogP contribution in [-0.4, -0.2) is 35.3 Å². The first-order valence-electron chi connectivity index (χ1n) is 7.00. The summed E-state index contributed by atoms with van der Waals surface area (Å²) in [7, 11) is 1.60. The van der Waals surface area contributed by atoms with Crippen molar-refractivity contribution in [3.05, 3.63) is 59.4 Å². The zero-order valence-corrected chi connectivity index (χ0v) is 13.0. The number of likely N-dealkylation sites (N-methyl/N-ethyl adjacent to an activating group) is 1. The topological polar surface area (TPSA) is 62.3 Å². The molecule has 1 aromatic carbocycles. The Kier molecular flexibility index (Phi) is 4.88. The van der Waals surface area contributed by atoms with Gasteiger partial charge in [0.1, 0.15) is 0 Å². The molecule has 5 nitrogen and oxygen atoms in total. The molecule has 0 aliphatic heterocycles. The Bertz CT molecular complexity index is 663. The lowest BCUT2D eigenvalue weighted by Gasteiger charge is -2.18. The lowest BCUT2D eigenvalue weighted by molar-refractivity contribution is -0.116. The van der Waals surface area contributed by atoms with Crippen LogP contribution >= 0.6 is 0 Å². The van der Waals surface area contributed by atoms with Gasteiger partial charge in [-0.25, -0.2) is 0 Å². The minimum atomic E-state index is -0.220. The van der Waals surface area contributed by atoms with Gasteiger partial charge in [-0.15, -0.1) is 0 Å². The van der Waals surface area contributed by atoms with Crippen molar-refractivity contribution < 1.29 is 9.59 Å². The third-order valence-electron chi connectivity index (χ3n) is 3.40. The number of aromatic nitrogens is 1. The minimum absolute atomic E-state index is 0.00503. The summed E-state index contributed by atoms with van der Waals surface area (Å²) in [5.74, 6) is -0.429. The van der Waals surface area contributed by atoms with Crippen molar-refractivity contribution in [2.45, 2.75) is 13.8 Å². The van der Waals surface area contributed by atoms with E-state index < -0.39 is 0 Å². The lowest BCUT2D eigenvalue weighted by Crippen LogP contribution is -2.35. The van der Waals surface area contributed by atoms with Crippen LogP contribution in [0.2, 0.25) is 0 Å². The Balaban J connectivity index is 2.01. The van der Waals surface area contributed by atoms with Gasteiger partial charge >= 0.3 is 0 Å². The molecule has 0 unspecified atom stereocenters. The largest absolute Gasteiger partial charge is 0.332 e. The maximum atomic E-state index is 12.2. The van der Waals surface area contributed by atoms with Crippen LogP contribution in [0.4, 0.5) is 5.69 Å². The van der Waals surface area contributed by atoms with E-state index in [0.717, 1.165) is 16.8 Å². The molecule has 0 saturated heterocycles. The SMILES string of the molecule is Cc1cccc(C)c1NC(=O)CN(C)C(=O)c1ccncc1. The average Bonchev–Trinajstić information content (AvgIpc) is 2.51. The minimum Gasteiger partial charge on any atom is -0.332 e. The predicted molar refractivity (Wildman–Crippen MR) is 85.7 cm³/mol. The average molecular weight is 297 g/mol. The highest BCUT2D eigenvalue weighted by atomic mass is 16.2. The second kappa shape index (κ2) is 6.85. The van der Waals surface area contributed by atoms with Crippen LogP contribution in [0.3, 0.4) is 0 Å². The van der Waals surface area contributed by atoms with Gasteiger partial charge in [0, 0.05) is 30.7 Å². The Labute approximate surface area is 130 Å². The van der Waals surface area contributed by atoms with Crippen molar-refractivity contribution in [3.63, 3.8) is 0 Å². The van der Waals surface area contributed by atoms with E-state index in [1.807, 2.05) is 32.0 Å². The Morgan fingerprint density at radius 2 is 1.68 bits per heavy atom. The van der Waals surface area contributed by atoms with Gasteiger partial charge in [0.2, 0.25) is 5.91 Å². The van der Waals surface area contributed by atoms with E-state index >= 15 is 0 Å². The predicted octanol–water partition coefficient (Wildman–Crippen LogP) is 2.41. The van der Waals surface area contributed by atoms with E-state index in [2.05, 4.69) is 10.3 Å². The molecule has 0 bridgehead atoms. The van der Waals surface area contributed by atoms with Crippen molar-refractivity contribution in [2.24, 2.45) is 0 Å². The van der Waals surface area contributed by atoms with Crippen LogP contribution in [0.25, 0.3) is 0 Å². The van der Waals surface area contributed by atoms with E-state index in [1.54, 1.807) is 31.6 Å². The molecule has 2 amide bonds. The first-order chi connectivity index (χ1) is 10.5. The van der Waals surface area contributed by atoms with Crippen molar-refractivity contribution in [3.8, 4) is 0 Å². The van der Waals surface area contributed by atoms with E-state index in [0.29, 0.717) is 5.56 Å². The molecular weight excluding hydrogens is 278 g/mol. The molecule has 0 spiro atoms. The fourth-order valence-corrected chi connectivity index (χ4v) is 2.19. The second-order valence-corrected chi connectivity index (χ2v) is 5.21. The lowest BCUT2D eigenvalue weighted by atomic mass is 10.1. The molecular formula is C17H19N3O2. The van der Waals surface area contributed by atoms with Gasteiger partial charge in [0.05, 0.1) is 6.54 Å². The molecule has 0 atom stereocenters. The van der Waals surface area contributed by atoms with Crippen LogP contribution in [0.15, 0.2) is 42.7 Å². The van der Waals surface area contributed by atoms with Crippen LogP contribution in [-0.2, 0) is 4.79 Å². The van der Waals surface area contributed by atoms with Crippen molar-refractivity contribution in [2.75, 3.05) is 18.9 Å². The molecule has 2 aromatic rings. The first-order valence-corrected chi connectivity index (χ1v) is 7.00. The highest BCUT2D eigenvalue weighted by Gasteiger charge is 2.15. The molecule has 0 radical (unpaired) electrons. The number of anilines is 1. The maximum absolute atomic E-state index is 12.2. The quantitative estimate of drug-likeness (QED) is 0.942. The van der Waals surface area contributed by atoms with Gasteiger partial charge in [0.25, 0.3) is 5.91 Å². The number of benzene rings is 1. The van der Waals surface area contributed by atoms with Crippen LogP contribution < -0.4 is 5.32 Å². The third kappa shape index (κ3) is 3.69. The summed E-state index contributed by atoms with van der Waals surface area (Å²) < 4.78 is 0. The fraction of sp³-hybridized carbons (Fsp3) is 0.235. The zero-order chi connectivity index (χ0) is 16.1. The highest BCUT2D eigenvalue weighted by molar-refractivity contribution is 5.99. The molecule has 5 heteroatoms. The number of nitrogens with zero attached hydrogens (tertiary/aromatic N) is 2. The van der Waals surface area contributed by atoms with E-state index in [4.69, 9.17) is 0 Å². The van der Waals surface area contributed by atoms with Gasteiger partial charge in [-0.05, 0) is 37.1 Å². The summed E-state index contributed by atoms with van der Waals surface area (Å²) in [6.45, 7) is 3.87. The van der Waals surface area contributed by atoms with Crippen molar-refractivity contribution in [1.29, 1.82) is 0 Å². The molecule has 0 aliphatic carbocycles. The first kappa shape index (κ1) is 15.7. The number of para-hydroxylation sites is 1. The van der Waals surface area contributed by atoms with E-state index in [1.165, 1.54) is 4.90 Å². The number of aryl methyl sites for hydroxylation is 2. The van der Waals surface area contributed by atoms with E-state index in [9.17, 15) is 9.59 Å². The van der Waals surface area contributed by atoms with Crippen molar-refractivity contribution in [1.82, 2.24) is 9.88 Å². The number of hydrogen-bond donors (Lipinski definition) is 1.